The van der Waals surface area contributed by atoms with Gasteiger partial charge in [0, 0.05) is 24.1 Å². The first-order valence-corrected chi connectivity index (χ1v) is 10.8. The zero-order chi connectivity index (χ0) is 19.6. The summed E-state index contributed by atoms with van der Waals surface area (Å²) >= 11 is 0. The lowest BCUT2D eigenvalue weighted by molar-refractivity contribution is -0.140. The summed E-state index contributed by atoms with van der Waals surface area (Å²) in [6.07, 6.45) is 9.21. The highest BCUT2D eigenvalue weighted by molar-refractivity contribution is 5.93. The van der Waals surface area contributed by atoms with Crippen LogP contribution in [0.4, 0.5) is 0 Å². The largest absolute Gasteiger partial charge is 0.342 e. The van der Waals surface area contributed by atoms with Crippen molar-refractivity contribution in [2.24, 2.45) is 16.7 Å². The van der Waals surface area contributed by atoms with Crippen molar-refractivity contribution < 1.29 is 14.4 Å². The fraction of sp³-hybridized carbons (Fsp3) is 0.652. The average Bonchev–Trinajstić information content (AvgIpc) is 3.45. The van der Waals surface area contributed by atoms with E-state index in [2.05, 4.69) is 17.3 Å². The summed E-state index contributed by atoms with van der Waals surface area (Å²) in [5, 5.41) is 0. The van der Waals surface area contributed by atoms with Gasteiger partial charge in [0.1, 0.15) is 0 Å². The van der Waals surface area contributed by atoms with Crippen LogP contribution in [0.15, 0.2) is 30.3 Å². The summed E-state index contributed by atoms with van der Waals surface area (Å²) in [5.41, 5.74) is 3.61. The van der Waals surface area contributed by atoms with Gasteiger partial charge in [0.2, 0.25) is 5.91 Å². The molecule has 1 N–H and O–H groups in total. The van der Waals surface area contributed by atoms with E-state index in [1.54, 1.807) is 12.1 Å². The molecule has 0 atom stereocenters. The highest BCUT2D eigenvalue weighted by atomic mass is 16.6. The van der Waals surface area contributed by atoms with Gasteiger partial charge in [0.25, 0.3) is 5.91 Å². The van der Waals surface area contributed by atoms with Gasteiger partial charge in [-0.05, 0) is 74.8 Å². The maximum Gasteiger partial charge on any atom is 0.274 e. The van der Waals surface area contributed by atoms with Crippen LogP contribution in [-0.2, 0) is 9.63 Å². The topological polar surface area (TPSA) is 58.6 Å². The molecule has 152 valence electrons. The van der Waals surface area contributed by atoms with Crippen LogP contribution in [0, 0.1) is 16.7 Å². The number of hydrogen-bond donors (Lipinski definition) is 1. The van der Waals surface area contributed by atoms with Crippen LogP contribution in [0.5, 0.6) is 0 Å². The molecule has 2 saturated carbocycles. The Hall–Kier alpha value is -1.88. The molecule has 1 heterocycles. The highest BCUT2D eigenvalue weighted by Crippen LogP contribution is 2.55. The summed E-state index contributed by atoms with van der Waals surface area (Å²) in [4.78, 5) is 31.8. The first-order valence-electron chi connectivity index (χ1n) is 10.8. The molecule has 2 amide bonds. The molecule has 28 heavy (non-hydrogen) atoms. The Labute approximate surface area is 167 Å². The van der Waals surface area contributed by atoms with E-state index in [4.69, 9.17) is 4.84 Å². The van der Waals surface area contributed by atoms with E-state index in [1.807, 2.05) is 18.2 Å². The van der Waals surface area contributed by atoms with Gasteiger partial charge in [-0.1, -0.05) is 25.1 Å². The van der Waals surface area contributed by atoms with Crippen molar-refractivity contribution in [1.29, 1.82) is 0 Å². The van der Waals surface area contributed by atoms with Crippen LogP contribution in [0.25, 0.3) is 0 Å². The molecule has 3 aliphatic rings. The smallest absolute Gasteiger partial charge is 0.274 e. The van der Waals surface area contributed by atoms with Gasteiger partial charge in [-0.3, -0.25) is 14.4 Å². The Morgan fingerprint density at radius 1 is 1.11 bits per heavy atom. The maximum atomic E-state index is 12.5. The van der Waals surface area contributed by atoms with E-state index in [0.717, 1.165) is 44.7 Å². The first kappa shape index (κ1) is 19.4. The zero-order valence-corrected chi connectivity index (χ0v) is 16.9. The molecule has 1 aromatic rings. The number of piperidine rings is 1. The number of hydrogen-bond acceptors (Lipinski definition) is 3. The van der Waals surface area contributed by atoms with Crippen LogP contribution in [0.1, 0.15) is 68.6 Å². The molecule has 0 radical (unpaired) electrons. The minimum atomic E-state index is -0.190. The Morgan fingerprint density at radius 3 is 2.43 bits per heavy atom. The number of rotatable bonds is 7. The third-order valence-electron chi connectivity index (χ3n) is 7.13. The number of benzene rings is 1. The normalized spacial score (nSPS) is 22.5. The molecule has 1 aliphatic heterocycles. The lowest BCUT2D eigenvalue weighted by Gasteiger charge is -2.52. The predicted molar refractivity (Wildman–Crippen MR) is 107 cm³/mol. The monoisotopic (exact) mass is 384 g/mol. The summed E-state index contributed by atoms with van der Waals surface area (Å²) < 4.78 is 0. The van der Waals surface area contributed by atoms with Crippen molar-refractivity contribution in [2.75, 3.05) is 19.7 Å². The quantitative estimate of drug-likeness (QED) is 0.572. The number of carbonyl (C=O) groups is 2. The van der Waals surface area contributed by atoms with E-state index in [-0.39, 0.29) is 11.3 Å². The van der Waals surface area contributed by atoms with Gasteiger partial charge in [-0.2, -0.15) is 0 Å². The van der Waals surface area contributed by atoms with Crippen molar-refractivity contribution in [3.63, 3.8) is 0 Å². The van der Waals surface area contributed by atoms with Gasteiger partial charge >= 0.3 is 0 Å². The molecule has 0 unspecified atom stereocenters. The molecule has 0 bridgehead atoms. The van der Waals surface area contributed by atoms with Crippen molar-refractivity contribution in [3.05, 3.63) is 35.9 Å². The SMILES string of the molecule is CC1(C(=O)N2CCC3(CC2)CC(CCCONC(=O)c2ccccc2)C3)CC1. The van der Waals surface area contributed by atoms with Crippen LogP contribution in [0.2, 0.25) is 0 Å². The van der Waals surface area contributed by atoms with Gasteiger partial charge in [0.05, 0.1) is 6.61 Å². The van der Waals surface area contributed by atoms with Crippen molar-refractivity contribution in [3.8, 4) is 0 Å². The standard InChI is InChI=1S/C23H32N2O3/c1-22(9-10-22)21(27)25-13-11-23(12-14-25)16-18(17-23)6-5-15-28-24-20(26)19-7-3-2-4-8-19/h2-4,7-8,18H,5-6,9-17H2,1H3,(H,24,26). The molecule has 1 spiro atoms. The molecule has 4 rings (SSSR count). The zero-order valence-electron chi connectivity index (χ0n) is 16.9. The Morgan fingerprint density at radius 2 is 1.79 bits per heavy atom. The number of amides is 2. The molecule has 1 aromatic carbocycles. The summed E-state index contributed by atoms with van der Waals surface area (Å²) in [7, 11) is 0. The summed E-state index contributed by atoms with van der Waals surface area (Å²) in [5.74, 6) is 0.981. The lowest BCUT2D eigenvalue weighted by Crippen LogP contribution is -2.50. The molecule has 5 nitrogen and oxygen atoms in total. The maximum absolute atomic E-state index is 12.5. The van der Waals surface area contributed by atoms with Crippen molar-refractivity contribution in [1.82, 2.24) is 10.4 Å². The predicted octanol–water partition coefficient (Wildman–Crippen LogP) is 3.95. The number of hydroxylamine groups is 1. The van der Waals surface area contributed by atoms with Crippen molar-refractivity contribution >= 4 is 11.8 Å². The third kappa shape index (κ3) is 4.24. The second kappa shape index (κ2) is 7.86. The van der Waals surface area contributed by atoms with Crippen LogP contribution in [-0.4, -0.2) is 36.4 Å². The molecule has 1 saturated heterocycles. The average molecular weight is 385 g/mol. The third-order valence-corrected chi connectivity index (χ3v) is 7.13. The first-order chi connectivity index (χ1) is 13.5. The number of carbonyl (C=O) groups excluding carboxylic acids is 2. The highest BCUT2D eigenvalue weighted by Gasteiger charge is 2.50. The molecule has 5 heteroatoms. The summed E-state index contributed by atoms with van der Waals surface area (Å²) in [6, 6.07) is 9.12. The minimum absolute atomic E-state index is 0.0252. The van der Waals surface area contributed by atoms with Crippen LogP contribution < -0.4 is 5.48 Å². The van der Waals surface area contributed by atoms with Gasteiger partial charge in [0.15, 0.2) is 0 Å². The van der Waals surface area contributed by atoms with Crippen LogP contribution in [0.3, 0.4) is 0 Å². The van der Waals surface area contributed by atoms with Crippen LogP contribution >= 0.6 is 0 Å². The number of nitrogens with one attached hydrogen (secondary N) is 1. The van der Waals surface area contributed by atoms with E-state index in [0.29, 0.717) is 23.5 Å². The number of likely N-dealkylation sites (tertiary alicyclic amines) is 1. The molecular formula is C23H32N2O3. The minimum Gasteiger partial charge on any atom is -0.342 e. The van der Waals surface area contributed by atoms with E-state index >= 15 is 0 Å². The molecule has 3 fully saturated rings. The second-order valence-electron chi connectivity index (χ2n) is 9.42. The lowest BCUT2D eigenvalue weighted by atomic mass is 9.56. The Balaban J connectivity index is 1.08. The Kier molecular flexibility index (Phi) is 5.46. The second-order valence-corrected chi connectivity index (χ2v) is 9.42. The van der Waals surface area contributed by atoms with Crippen molar-refractivity contribution in [2.45, 2.75) is 58.3 Å². The van der Waals surface area contributed by atoms with Gasteiger partial charge in [-0.25, -0.2) is 5.48 Å². The Bertz CT molecular complexity index is 698. The summed E-state index contributed by atoms with van der Waals surface area (Å²) in [6.45, 7) is 4.58. The molecule has 0 aromatic heterocycles. The molecular weight excluding hydrogens is 352 g/mol. The van der Waals surface area contributed by atoms with E-state index in [9.17, 15) is 9.59 Å². The van der Waals surface area contributed by atoms with E-state index in [1.165, 1.54) is 25.7 Å². The van der Waals surface area contributed by atoms with Gasteiger partial charge in [-0.15, -0.1) is 0 Å². The van der Waals surface area contributed by atoms with E-state index < -0.39 is 0 Å². The fourth-order valence-corrected chi connectivity index (χ4v) is 4.95. The number of nitrogens with zero attached hydrogens (tertiary/aromatic N) is 1. The van der Waals surface area contributed by atoms with Gasteiger partial charge < -0.3 is 4.90 Å². The fourth-order valence-electron chi connectivity index (χ4n) is 4.95. The molecule has 2 aliphatic carbocycles.